The number of rotatable bonds is 4. The summed E-state index contributed by atoms with van der Waals surface area (Å²) in [5, 5.41) is 0. The summed E-state index contributed by atoms with van der Waals surface area (Å²) < 4.78 is 21.4. The fourth-order valence-corrected chi connectivity index (χ4v) is 1.05. The van der Waals surface area contributed by atoms with Crippen LogP contribution in [-0.2, 0) is 4.74 Å². The van der Waals surface area contributed by atoms with Gasteiger partial charge < -0.3 is 9.47 Å². The average molecular weight is 208 g/mol. The van der Waals surface area contributed by atoms with E-state index in [2.05, 4.69) is 4.74 Å². The lowest BCUT2D eigenvalue weighted by Gasteiger charge is -2.09. The smallest absolute Gasteiger partial charge is 0.337 e. The van der Waals surface area contributed by atoms with Crippen LogP contribution in [0.2, 0.25) is 0 Å². The highest BCUT2D eigenvalue weighted by Crippen LogP contribution is 2.11. The molecule has 0 amide bonds. The van der Waals surface area contributed by atoms with E-state index in [1.807, 2.05) is 0 Å². The van der Waals surface area contributed by atoms with Crippen molar-refractivity contribution in [2.75, 3.05) is 20.4 Å². The van der Waals surface area contributed by atoms with E-state index in [4.69, 9.17) is 12.6 Å². The number of alkyl halides is 1. The highest BCUT2D eigenvalue weighted by atomic mass is 19.1. The maximum Gasteiger partial charge on any atom is 0.337 e. The molecule has 0 saturated heterocycles. The van der Waals surface area contributed by atoms with Gasteiger partial charge in [0.25, 0.3) is 0 Å². The zero-order valence-electron chi connectivity index (χ0n) is 8.33. The molecule has 1 rings (SSSR count). The van der Waals surface area contributed by atoms with Gasteiger partial charge in [-0.05, 0) is 12.1 Å². The van der Waals surface area contributed by atoms with Crippen LogP contribution in [0, 0.1) is 0 Å². The Labute approximate surface area is 88.6 Å². The molecule has 15 heavy (non-hydrogen) atoms. The first kappa shape index (κ1) is 11.6. The molecule has 0 spiro atoms. The Kier molecular flexibility index (Phi) is 4.15. The summed E-state index contributed by atoms with van der Waals surface area (Å²) in [4.78, 5) is 11.2. The second kappa shape index (κ2) is 5.39. The molecule has 78 valence electrons. The van der Waals surface area contributed by atoms with Crippen molar-refractivity contribution in [1.82, 2.24) is 0 Å². The van der Waals surface area contributed by atoms with Crippen molar-refractivity contribution in [2.45, 2.75) is 0 Å². The third kappa shape index (κ3) is 2.97. The molecule has 0 unspecified atom stereocenters. The highest BCUT2D eigenvalue weighted by Gasteiger charge is 2.08. The molecule has 0 aliphatic rings. The quantitative estimate of drug-likeness (QED) is 0.537. The van der Waals surface area contributed by atoms with Crippen LogP contribution in [0.3, 0.4) is 0 Å². The minimum atomic E-state index is -0.609. The Morgan fingerprint density at radius 2 is 2.27 bits per heavy atom. The van der Waals surface area contributed by atoms with Crippen molar-refractivity contribution in [2.24, 2.45) is 0 Å². The molecule has 0 fully saturated rings. The van der Waals surface area contributed by atoms with Crippen LogP contribution in [0.1, 0.15) is 10.4 Å². The summed E-state index contributed by atoms with van der Waals surface area (Å²) in [7, 11) is 6.85. The number of benzene rings is 1. The van der Waals surface area contributed by atoms with Crippen molar-refractivity contribution in [3.8, 4) is 5.75 Å². The van der Waals surface area contributed by atoms with Gasteiger partial charge in [-0.15, -0.1) is 0 Å². The minimum absolute atomic E-state index is 0.0885. The topological polar surface area (TPSA) is 35.5 Å². The molecule has 0 aliphatic carbocycles. The first-order valence-corrected chi connectivity index (χ1v) is 4.35. The fraction of sp³-hybridized carbons (Fsp3) is 0.300. The van der Waals surface area contributed by atoms with Crippen LogP contribution in [0.4, 0.5) is 4.39 Å². The van der Waals surface area contributed by atoms with Crippen LogP contribution in [0.25, 0.3) is 0 Å². The Morgan fingerprint density at radius 1 is 1.53 bits per heavy atom. The second-order valence-electron chi connectivity index (χ2n) is 2.78. The molecule has 0 saturated carbocycles. The first-order chi connectivity index (χ1) is 7.19. The lowest BCUT2D eigenvalue weighted by Crippen LogP contribution is -2.13. The summed E-state index contributed by atoms with van der Waals surface area (Å²) in [5.74, 6) is -0.198. The third-order valence-electron chi connectivity index (χ3n) is 1.77. The Morgan fingerprint density at radius 3 is 2.87 bits per heavy atom. The zero-order chi connectivity index (χ0) is 11.3. The van der Waals surface area contributed by atoms with E-state index in [9.17, 15) is 9.18 Å². The number of carbonyl (C=O) groups excluding carboxylic acids is 1. The Bertz CT molecular complexity index is 355. The van der Waals surface area contributed by atoms with E-state index in [0.717, 1.165) is 0 Å². The lowest BCUT2D eigenvalue weighted by atomic mass is 9.94. The van der Waals surface area contributed by atoms with Crippen molar-refractivity contribution < 1.29 is 18.7 Å². The SMILES string of the molecule is [B]c1ccc(C(=O)OC)cc1OCCF. The maximum atomic E-state index is 11.9. The van der Waals surface area contributed by atoms with Gasteiger partial charge in [0.1, 0.15) is 26.9 Å². The molecule has 0 aliphatic heterocycles. The van der Waals surface area contributed by atoms with Crippen LogP contribution < -0.4 is 10.2 Å². The largest absolute Gasteiger partial charge is 0.491 e. The molecule has 2 radical (unpaired) electrons. The van der Waals surface area contributed by atoms with Gasteiger partial charge in [-0.25, -0.2) is 9.18 Å². The molecule has 1 aromatic rings. The van der Waals surface area contributed by atoms with Gasteiger partial charge in [0.2, 0.25) is 0 Å². The standard InChI is InChI=1S/C10H10BFO3/c1-14-10(13)7-2-3-8(11)9(6-7)15-5-4-12/h2-3,6H,4-5H2,1H3. The minimum Gasteiger partial charge on any atom is -0.491 e. The third-order valence-corrected chi connectivity index (χ3v) is 1.77. The predicted molar refractivity (Wildman–Crippen MR) is 54.6 cm³/mol. The molecule has 0 N–H and O–H groups in total. The number of esters is 1. The summed E-state index contributed by atoms with van der Waals surface area (Å²) in [6.45, 7) is -0.698. The van der Waals surface area contributed by atoms with E-state index in [1.165, 1.54) is 25.3 Å². The number of halogens is 1. The van der Waals surface area contributed by atoms with Gasteiger partial charge in [-0.1, -0.05) is 11.5 Å². The molecule has 0 bridgehead atoms. The number of carbonyl (C=O) groups is 1. The first-order valence-electron chi connectivity index (χ1n) is 4.35. The Balaban J connectivity index is 2.89. The average Bonchev–Trinajstić information content (AvgIpc) is 2.27. The molecule has 1 aromatic carbocycles. The monoisotopic (exact) mass is 208 g/mol. The Hall–Kier alpha value is -1.52. The highest BCUT2D eigenvalue weighted by molar-refractivity contribution is 6.34. The van der Waals surface area contributed by atoms with Gasteiger partial charge in [0.15, 0.2) is 0 Å². The van der Waals surface area contributed by atoms with Crippen molar-refractivity contribution in [3.05, 3.63) is 23.8 Å². The second-order valence-corrected chi connectivity index (χ2v) is 2.78. The van der Waals surface area contributed by atoms with Crippen LogP contribution in [0.15, 0.2) is 18.2 Å². The van der Waals surface area contributed by atoms with Gasteiger partial charge >= 0.3 is 5.97 Å². The van der Waals surface area contributed by atoms with Gasteiger partial charge in [0.05, 0.1) is 12.7 Å². The summed E-state index contributed by atoms with van der Waals surface area (Å²) >= 11 is 0. The molecule has 0 atom stereocenters. The molecule has 3 nitrogen and oxygen atoms in total. The van der Waals surface area contributed by atoms with Crippen LogP contribution >= 0.6 is 0 Å². The van der Waals surface area contributed by atoms with E-state index in [0.29, 0.717) is 11.0 Å². The van der Waals surface area contributed by atoms with Crippen molar-refractivity contribution in [1.29, 1.82) is 0 Å². The van der Waals surface area contributed by atoms with E-state index >= 15 is 0 Å². The van der Waals surface area contributed by atoms with Gasteiger partial charge in [-0.2, -0.15) is 0 Å². The van der Waals surface area contributed by atoms with Gasteiger partial charge in [0, 0.05) is 0 Å². The van der Waals surface area contributed by atoms with Crippen molar-refractivity contribution >= 4 is 19.3 Å². The molecule has 5 heteroatoms. The number of hydrogen-bond donors (Lipinski definition) is 0. The number of hydrogen-bond acceptors (Lipinski definition) is 3. The normalized spacial score (nSPS) is 9.73. The van der Waals surface area contributed by atoms with Crippen LogP contribution in [0.5, 0.6) is 5.75 Å². The summed E-state index contributed by atoms with van der Waals surface area (Å²) in [6, 6.07) is 4.46. The predicted octanol–water partition coefficient (Wildman–Crippen LogP) is 0.615. The molecular weight excluding hydrogens is 198 g/mol. The van der Waals surface area contributed by atoms with Gasteiger partial charge in [-0.3, -0.25) is 0 Å². The number of methoxy groups -OCH3 is 1. The molecule has 0 aromatic heterocycles. The maximum absolute atomic E-state index is 11.9. The lowest BCUT2D eigenvalue weighted by molar-refractivity contribution is 0.0600. The van der Waals surface area contributed by atoms with E-state index in [-0.39, 0.29) is 12.4 Å². The fourth-order valence-electron chi connectivity index (χ4n) is 1.05. The molecule has 0 heterocycles. The van der Waals surface area contributed by atoms with E-state index in [1.54, 1.807) is 0 Å². The summed E-state index contributed by atoms with van der Waals surface area (Å²) in [5.41, 5.74) is 0.677. The van der Waals surface area contributed by atoms with E-state index < -0.39 is 12.6 Å². The number of ether oxygens (including phenoxy) is 2. The van der Waals surface area contributed by atoms with Crippen molar-refractivity contribution in [3.63, 3.8) is 0 Å². The van der Waals surface area contributed by atoms with Crippen LogP contribution in [-0.4, -0.2) is 34.2 Å². The summed E-state index contributed by atoms with van der Waals surface area (Å²) in [6.07, 6.45) is 0. The molecular formula is C10H10BFO3. The zero-order valence-corrected chi connectivity index (χ0v) is 8.33.